The van der Waals surface area contributed by atoms with E-state index >= 15 is 0 Å². The molecule has 2 aromatic rings. The van der Waals surface area contributed by atoms with E-state index < -0.39 is 0 Å². The molecule has 0 aliphatic rings. The van der Waals surface area contributed by atoms with Crippen molar-refractivity contribution in [3.63, 3.8) is 0 Å². The molecule has 0 saturated heterocycles. The molecule has 2 N–H and O–H groups in total. The van der Waals surface area contributed by atoms with E-state index in [2.05, 4.69) is 0 Å². The van der Waals surface area contributed by atoms with Crippen LogP contribution in [0.2, 0.25) is 5.02 Å². The molecule has 1 unspecified atom stereocenters. The third-order valence-electron chi connectivity index (χ3n) is 3.31. The Bertz CT molecular complexity index is 609. The van der Waals surface area contributed by atoms with Crippen molar-refractivity contribution in [2.45, 2.75) is 19.5 Å². The van der Waals surface area contributed by atoms with Crippen LogP contribution in [0, 0.1) is 0 Å². The average molecular weight is 293 g/mol. The molecule has 1 atom stereocenters. The van der Waals surface area contributed by atoms with E-state index in [1.165, 1.54) is 0 Å². The summed E-state index contributed by atoms with van der Waals surface area (Å²) in [6.07, 6.45) is 0. The number of benzene rings is 1. The largest absolute Gasteiger partial charge is 0.455 e. The highest BCUT2D eigenvalue weighted by Gasteiger charge is 2.21. The Balaban J connectivity index is 2.17. The lowest BCUT2D eigenvalue weighted by molar-refractivity contribution is 0.0708. The van der Waals surface area contributed by atoms with Gasteiger partial charge in [0, 0.05) is 12.1 Å². The van der Waals surface area contributed by atoms with Gasteiger partial charge in [-0.15, -0.1) is 0 Å². The van der Waals surface area contributed by atoms with Gasteiger partial charge in [0.15, 0.2) is 5.76 Å². The molecular weight excluding hydrogens is 276 g/mol. The molecule has 1 amide bonds. The minimum Gasteiger partial charge on any atom is -0.455 e. The number of nitrogens with two attached hydrogens (primary N) is 1. The van der Waals surface area contributed by atoms with Crippen LogP contribution < -0.4 is 5.73 Å². The highest BCUT2D eigenvalue weighted by molar-refractivity contribution is 6.30. The number of nitrogens with zero attached hydrogens (tertiary/aromatic N) is 1. The lowest BCUT2D eigenvalue weighted by Gasteiger charge is -2.24. The predicted molar refractivity (Wildman–Crippen MR) is 78.6 cm³/mol. The summed E-state index contributed by atoms with van der Waals surface area (Å²) in [6, 6.07) is 10.7. The Hall–Kier alpha value is -1.78. The molecule has 106 valence electrons. The molecule has 4 nitrogen and oxygen atoms in total. The van der Waals surface area contributed by atoms with Crippen molar-refractivity contribution < 1.29 is 9.21 Å². The van der Waals surface area contributed by atoms with Crippen LogP contribution in [0.3, 0.4) is 0 Å². The highest BCUT2D eigenvalue weighted by atomic mass is 35.5. The van der Waals surface area contributed by atoms with Gasteiger partial charge >= 0.3 is 0 Å². The van der Waals surface area contributed by atoms with Gasteiger partial charge in [-0.25, -0.2) is 0 Å². The second-order valence-electron chi connectivity index (χ2n) is 4.62. The van der Waals surface area contributed by atoms with E-state index in [1.54, 1.807) is 30.1 Å². The number of rotatable bonds is 4. The van der Waals surface area contributed by atoms with Crippen LogP contribution in [0.15, 0.2) is 40.8 Å². The normalized spacial score (nSPS) is 12.2. The summed E-state index contributed by atoms with van der Waals surface area (Å²) >= 11 is 5.98. The summed E-state index contributed by atoms with van der Waals surface area (Å²) in [4.78, 5) is 13.9. The Morgan fingerprint density at radius 1 is 1.40 bits per heavy atom. The zero-order valence-electron chi connectivity index (χ0n) is 11.5. The monoisotopic (exact) mass is 292 g/mol. The molecule has 0 bridgehead atoms. The number of amides is 1. The summed E-state index contributed by atoms with van der Waals surface area (Å²) in [5, 5.41) is 0.651. The van der Waals surface area contributed by atoms with E-state index in [4.69, 9.17) is 21.8 Å². The molecule has 0 aliphatic carbocycles. The predicted octanol–water partition coefficient (Wildman–Crippen LogP) is 3.22. The molecule has 0 aliphatic heterocycles. The van der Waals surface area contributed by atoms with Gasteiger partial charge in [0.05, 0.1) is 12.6 Å². The number of furan rings is 1. The topological polar surface area (TPSA) is 59.5 Å². The molecule has 1 aromatic heterocycles. The van der Waals surface area contributed by atoms with Gasteiger partial charge in [-0.3, -0.25) is 4.79 Å². The average Bonchev–Trinajstić information content (AvgIpc) is 2.93. The SMILES string of the molecule is CC(c1cccc(Cl)c1)N(C)C(=O)c1ccc(CN)o1. The van der Waals surface area contributed by atoms with E-state index in [0.29, 0.717) is 16.5 Å². The van der Waals surface area contributed by atoms with Crippen molar-refractivity contribution in [1.29, 1.82) is 0 Å². The molecular formula is C15H17ClN2O2. The number of halogens is 1. The van der Waals surface area contributed by atoms with Crippen LogP contribution in [-0.4, -0.2) is 17.9 Å². The Labute approximate surface area is 123 Å². The molecule has 0 fully saturated rings. The lowest BCUT2D eigenvalue weighted by atomic mass is 10.1. The van der Waals surface area contributed by atoms with Crippen molar-refractivity contribution in [3.05, 3.63) is 58.5 Å². The van der Waals surface area contributed by atoms with Crippen LogP contribution >= 0.6 is 11.6 Å². The fraction of sp³-hybridized carbons (Fsp3) is 0.267. The third-order valence-corrected chi connectivity index (χ3v) is 3.54. The fourth-order valence-electron chi connectivity index (χ4n) is 1.94. The van der Waals surface area contributed by atoms with Gasteiger partial charge in [0.2, 0.25) is 0 Å². The Morgan fingerprint density at radius 2 is 2.15 bits per heavy atom. The first-order valence-electron chi connectivity index (χ1n) is 6.34. The first kappa shape index (κ1) is 14.6. The van der Waals surface area contributed by atoms with Crippen LogP contribution in [0.25, 0.3) is 0 Å². The second kappa shape index (κ2) is 6.11. The van der Waals surface area contributed by atoms with Crippen molar-refractivity contribution >= 4 is 17.5 Å². The first-order valence-corrected chi connectivity index (χ1v) is 6.72. The zero-order chi connectivity index (χ0) is 14.7. The standard InChI is InChI=1S/C15H17ClN2O2/c1-10(11-4-3-5-12(16)8-11)18(2)15(19)14-7-6-13(9-17)20-14/h3-8,10H,9,17H2,1-2H3. The molecule has 0 spiro atoms. The quantitative estimate of drug-likeness (QED) is 0.941. The number of carbonyl (C=O) groups excluding carboxylic acids is 1. The number of hydrogen-bond donors (Lipinski definition) is 1. The van der Waals surface area contributed by atoms with Crippen molar-refractivity contribution in [1.82, 2.24) is 4.90 Å². The molecule has 5 heteroatoms. The first-order chi connectivity index (χ1) is 9.52. The Kier molecular flexibility index (Phi) is 4.47. The number of carbonyl (C=O) groups is 1. The van der Waals surface area contributed by atoms with Gasteiger partial charge in [-0.05, 0) is 36.8 Å². The maximum absolute atomic E-state index is 12.3. The van der Waals surface area contributed by atoms with Crippen LogP contribution in [0.1, 0.15) is 34.8 Å². The molecule has 1 heterocycles. The van der Waals surface area contributed by atoms with Gasteiger partial charge in [0.25, 0.3) is 5.91 Å². The van der Waals surface area contributed by atoms with E-state index in [-0.39, 0.29) is 18.5 Å². The molecule has 2 rings (SSSR count). The van der Waals surface area contributed by atoms with Crippen molar-refractivity contribution in [2.75, 3.05) is 7.05 Å². The highest BCUT2D eigenvalue weighted by Crippen LogP contribution is 2.23. The van der Waals surface area contributed by atoms with E-state index in [9.17, 15) is 4.79 Å². The summed E-state index contributed by atoms with van der Waals surface area (Å²) < 4.78 is 5.38. The van der Waals surface area contributed by atoms with Gasteiger partial charge in [-0.1, -0.05) is 23.7 Å². The summed E-state index contributed by atoms with van der Waals surface area (Å²) in [5.41, 5.74) is 6.44. The van der Waals surface area contributed by atoms with Crippen LogP contribution in [-0.2, 0) is 6.54 Å². The summed E-state index contributed by atoms with van der Waals surface area (Å²) in [5.74, 6) is 0.705. The van der Waals surface area contributed by atoms with Crippen molar-refractivity contribution in [3.8, 4) is 0 Å². The second-order valence-corrected chi connectivity index (χ2v) is 5.05. The molecule has 1 aromatic carbocycles. The van der Waals surface area contributed by atoms with Gasteiger partial charge in [0.1, 0.15) is 5.76 Å². The van der Waals surface area contributed by atoms with Crippen LogP contribution in [0.4, 0.5) is 0 Å². The minimum absolute atomic E-state index is 0.104. The smallest absolute Gasteiger partial charge is 0.289 e. The molecule has 0 saturated carbocycles. The fourth-order valence-corrected chi connectivity index (χ4v) is 2.14. The minimum atomic E-state index is -0.183. The van der Waals surface area contributed by atoms with Crippen molar-refractivity contribution in [2.24, 2.45) is 5.73 Å². The summed E-state index contributed by atoms with van der Waals surface area (Å²) in [7, 11) is 1.73. The molecule has 20 heavy (non-hydrogen) atoms. The Morgan fingerprint density at radius 3 is 2.75 bits per heavy atom. The van der Waals surface area contributed by atoms with Gasteiger partial charge < -0.3 is 15.1 Å². The van der Waals surface area contributed by atoms with Gasteiger partial charge in [-0.2, -0.15) is 0 Å². The molecule has 0 radical (unpaired) electrons. The van der Waals surface area contributed by atoms with E-state index in [0.717, 1.165) is 5.56 Å². The summed E-state index contributed by atoms with van der Waals surface area (Å²) in [6.45, 7) is 2.22. The maximum atomic E-state index is 12.3. The van der Waals surface area contributed by atoms with Crippen LogP contribution in [0.5, 0.6) is 0 Å². The lowest BCUT2D eigenvalue weighted by Crippen LogP contribution is -2.29. The third kappa shape index (κ3) is 3.03. The number of hydrogen-bond acceptors (Lipinski definition) is 3. The maximum Gasteiger partial charge on any atom is 0.289 e. The zero-order valence-corrected chi connectivity index (χ0v) is 12.2. The van der Waals surface area contributed by atoms with E-state index in [1.807, 2.05) is 25.1 Å².